The van der Waals surface area contributed by atoms with E-state index in [2.05, 4.69) is 5.10 Å². The Morgan fingerprint density at radius 1 is 1.06 bits per heavy atom. The molecule has 1 aliphatic heterocycles. The fraction of sp³-hybridized carbons (Fsp3) is 0.0476. The van der Waals surface area contributed by atoms with E-state index in [1.807, 2.05) is 0 Å². The molecular weight excluding hydrogens is 434 g/mol. The lowest BCUT2D eigenvalue weighted by Gasteiger charge is -2.10. The van der Waals surface area contributed by atoms with Gasteiger partial charge in [0.25, 0.3) is 5.91 Å². The first-order chi connectivity index (χ1) is 15.1. The van der Waals surface area contributed by atoms with Crippen molar-refractivity contribution in [3.8, 4) is 11.3 Å². The highest BCUT2D eigenvalue weighted by atomic mass is 19.4. The Morgan fingerprint density at radius 3 is 2.44 bits per heavy atom. The van der Waals surface area contributed by atoms with E-state index in [0.717, 1.165) is 18.2 Å². The maximum absolute atomic E-state index is 13.5. The molecule has 0 fully saturated rings. The number of carbonyl (C=O) groups is 1. The largest absolute Gasteiger partial charge is 0.457 e. The van der Waals surface area contributed by atoms with Crippen molar-refractivity contribution in [1.29, 1.82) is 0 Å². The molecule has 0 aliphatic carbocycles. The number of para-hydroxylation sites is 1. The lowest BCUT2D eigenvalue weighted by atomic mass is 10.1. The van der Waals surface area contributed by atoms with Crippen LogP contribution in [0.25, 0.3) is 17.4 Å². The predicted octanol–water partition coefficient (Wildman–Crippen LogP) is 5.34. The van der Waals surface area contributed by atoms with E-state index >= 15 is 0 Å². The number of hydrogen-bond acceptors (Lipinski definition) is 5. The number of hydrogen-bond donors (Lipinski definition) is 0. The smallest absolute Gasteiger partial charge is 0.435 e. The molecule has 0 atom stereocenters. The van der Waals surface area contributed by atoms with Crippen molar-refractivity contribution in [2.24, 2.45) is 5.10 Å². The number of carbonyl (C=O) groups excluding carboxylic acids is 1. The van der Waals surface area contributed by atoms with Gasteiger partial charge < -0.3 is 4.42 Å². The van der Waals surface area contributed by atoms with Gasteiger partial charge in [-0.2, -0.15) is 27.7 Å². The quantitative estimate of drug-likeness (QED) is 0.235. The maximum Gasteiger partial charge on any atom is 0.435 e. The van der Waals surface area contributed by atoms with E-state index in [9.17, 15) is 32.5 Å². The van der Waals surface area contributed by atoms with Crippen LogP contribution in [0.4, 0.5) is 28.9 Å². The van der Waals surface area contributed by atoms with Gasteiger partial charge in [-0.1, -0.05) is 18.2 Å². The van der Waals surface area contributed by atoms with Crippen molar-refractivity contribution in [1.82, 2.24) is 0 Å². The molecule has 1 aliphatic rings. The number of alkyl halides is 3. The van der Waals surface area contributed by atoms with E-state index in [1.54, 1.807) is 18.2 Å². The lowest BCUT2D eigenvalue weighted by molar-refractivity contribution is -0.387. The zero-order valence-electron chi connectivity index (χ0n) is 15.8. The third-order valence-electron chi connectivity index (χ3n) is 4.49. The molecule has 7 nitrogen and oxygen atoms in total. The van der Waals surface area contributed by atoms with Gasteiger partial charge in [0.2, 0.25) is 5.82 Å². The van der Waals surface area contributed by atoms with Crippen LogP contribution < -0.4 is 5.01 Å². The Labute approximate surface area is 177 Å². The first kappa shape index (κ1) is 21.0. The second-order valence-electron chi connectivity index (χ2n) is 6.58. The molecule has 3 aromatic rings. The van der Waals surface area contributed by atoms with Gasteiger partial charge in [0.15, 0.2) is 5.71 Å². The number of hydrazone groups is 1. The first-order valence-corrected chi connectivity index (χ1v) is 8.96. The summed E-state index contributed by atoms with van der Waals surface area (Å²) in [6.07, 6.45) is -4.02. The van der Waals surface area contributed by atoms with E-state index in [-0.39, 0.29) is 22.8 Å². The molecule has 4 rings (SSSR count). The van der Waals surface area contributed by atoms with Gasteiger partial charge in [-0.3, -0.25) is 14.9 Å². The van der Waals surface area contributed by atoms with Crippen LogP contribution in [0.2, 0.25) is 0 Å². The summed E-state index contributed by atoms with van der Waals surface area (Å²) < 4.78 is 59.6. The van der Waals surface area contributed by atoms with Crippen LogP contribution in [0, 0.1) is 15.9 Å². The summed E-state index contributed by atoms with van der Waals surface area (Å²) in [5, 5.41) is 15.0. The monoisotopic (exact) mass is 445 g/mol. The molecule has 1 aromatic heterocycles. The molecule has 32 heavy (non-hydrogen) atoms. The van der Waals surface area contributed by atoms with E-state index < -0.39 is 39.8 Å². The fourth-order valence-corrected chi connectivity index (χ4v) is 3.03. The van der Waals surface area contributed by atoms with Crippen molar-refractivity contribution in [2.75, 3.05) is 5.01 Å². The molecule has 0 N–H and O–H groups in total. The van der Waals surface area contributed by atoms with Crippen molar-refractivity contribution in [2.45, 2.75) is 6.18 Å². The Balaban J connectivity index is 1.72. The minimum Gasteiger partial charge on any atom is -0.457 e. The minimum atomic E-state index is -4.90. The molecular formula is C21H11F4N3O4. The van der Waals surface area contributed by atoms with Gasteiger partial charge in [0, 0.05) is 11.6 Å². The highest BCUT2D eigenvalue weighted by molar-refractivity contribution is 6.34. The van der Waals surface area contributed by atoms with Crippen molar-refractivity contribution < 1.29 is 31.7 Å². The number of nitro groups is 1. The van der Waals surface area contributed by atoms with Crippen LogP contribution >= 0.6 is 0 Å². The molecule has 0 bridgehead atoms. The van der Waals surface area contributed by atoms with Crippen molar-refractivity contribution in [3.05, 3.63) is 87.9 Å². The molecule has 11 heteroatoms. The average molecular weight is 445 g/mol. The molecule has 162 valence electrons. The van der Waals surface area contributed by atoms with Crippen LogP contribution in [-0.4, -0.2) is 22.7 Å². The third kappa shape index (κ3) is 3.87. The SMILES string of the molecule is O=C1/C(=C\c2ccc(-c3ccc(F)c([N+](=O)[O-])c3)o2)C(C(F)(F)F)=NN1c1ccccc1. The molecule has 0 saturated carbocycles. The number of benzene rings is 2. The highest BCUT2D eigenvalue weighted by Gasteiger charge is 2.47. The minimum absolute atomic E-state index is 0.0378. The van der Waals surface area contributed by atoms with Gasteiger partial charge in [0.05, 0.1) is 16.2 Å². The maximum atomic E-state index is 13.5. The topological polar surface area (TPSA) is 88.9 Å². The van der Waals surface area contributed by atoms with Gasteiger partial charge in [-0.25, -0.2) is 0 Å². The number of amides is 1. The number of furan rings is 1. The standard InChI is InChI=1S/C21H11F4N3O4/c22-16-8-6-12(10-17(16)28(30)31)18-9-7-14(32-18)11-15-19(21(23,24)25)26-27(20(15)29)13-4-2-1-3-5-13/h1-11H/b15-11-. The number of anilines is 1. The zero-order valence-corrected chi connectivity index (χ0v) is 15.8. The average Bonchev–Trinajstić information content (AvgIpc) is 3.34. The molecule has 1 amide bonds. The fourth-order valence-electron chi connectivity index (χ4n) is 3.03. The molecule has 0 saturated heterocycles. The van der Waals surface area contributed by atoms with Crippen LogP contribution in [-0.2, 0) is 4.79 Å². The summed E-state index contributed by atoms with van der Waals surface area (Å²) in [5.41, 5.74) is -2.61. The summed E-state index contributed by atoms with van der Waals surface area (Å²) in [4.78, 5) is 22.7. The van der Waals surface area contributed by atoms with Gasteiger partial charge in [0.1, 0.15) is 11.5 Å². The first-order valence-electron chi connectivity index (χ1n) is 8.96. The van der Waals surface area contributed by atoms with Crippen molar-refractivity contribution >= 4 is 29.1 Å². The van der Waals surface area contributed by atoms with Crippen LogP contribution in [0.5, 0.6) is 0 Å². The van der Waals surface area contributed by atoms with E-state index in [0.29, 0.717) is 5.01 Å². The Kier molecular flexibility index (Phi) is 5.09. The van der Waals surface area contributed by atoms with Crippen molar-refractivity contribution in [3.63, 3.8) is 0 Å². The second-order valence-corrected chi connectivity index (χ2v) is 6.58. The number of nitrogens with zero attached hydrogens (tertiary/aromatic N) is 3. The summed E-state index contributed by atoms with van der Waals surface area (Å²) in [6, 6.07) is 13.3. The second kappa shape index (κ2) is 7.76. The molecule has 2 heterocycles. The Bertz CT molecular complexity index is 1280. The van der Waals surface area contributed by atoms with Gasteiger partial charge in [-0.15, -0.1) is 0 Å². The molecule has 0 unspecified atom stereocenters. The predicted molar refractivity (Wildman–Crippen MR) is 106 cm³/mol. The summed E-state index contributed by atoms with van der Waals surface area (Å²) in [5.74, 6) is -2.13. The van der Waals surface area contributed by atoms with Crippen LogP contribution in [0.3, 0.4) is 0 Å². The normalized spacial score (nSPS) is 15.4. The van der Waals surface area contributed by atoms with Gasteiger partial charge >= 0.3 is 11.9 Å². The van der Waals surface area contributed by atoms with Crippen LogP contribution in [0.1, 0.15) is 5.76 Å². The Morgan fingerprint density at radius 2 is 1.78 bits per heavy atom. The van der Waals surface area contributed by atoms with Gasteiger partial charge in [-0.05, 0) is 42.5 Å². The summed E-state index contributed by atoms with van der Waals surface area (Å²) >= 11 is 0. The third-order valence-corrected chi connectivity index (χ3v) is 4.49. The highest BCUT2D eigenvalue weighted by Crippen LogP contribution is 2.34. The number of halogens is 4. The molecule has 0 spiro atoms. The van der Waals surface area contributed by atoms with E-state index in [4.69, 9.17) is 4.42 Å². The summed E-state index contributed by atoms with van der Waals surface area (Å²) in [7, 11) is 0. The number of rotatable bonds is 4. The zero-order chi connectivity index (χ0) is 23.0. The summed E-state index contributed by atoms with van der Waals surface area (Å²) in [6.45, 7) is 0. The number of nitro benzene ring substituents is 1. The Hall–Kier alpha value is -4.28. The van der Waals surface area contributed by atoms with E-state index in [1.165, 1.54) is 30.3 Å². The molecule has 2 aromatic carbocycles. The van der Waals surface area contributed by atoms with Crippen LogP contribution in [0.15, 0.2) is 75.8 Å². The molecule has 0 radical (unpaired) electrons. The lowest BCUT2D eigenvalue weighted by Crippen LogP contribution is -2.25.